The second-order valence-corrected chi connectivity index (χ2v) is 10.3. The predicted molar refractivity (Wildman–Crippen MR) is 133 cm³/mol. The molecule has 0 spiro atoms. The van der Waals surface area contributed by atoms with Crippen molar-refractivity contribution in [1.29, 1.82) is 0 Å². The summed E-state index contributed by atoms with van der Waals surface area (Å²) in [5.41, 5.74) is 2.31. The highest BCUT2D eigenvalue weighted by atomic mass is 16.3. The van der Waals surface area contributed by atoms with Gasteiger partial charge in [0, 0.05) is 24.7 Å². The molecule has 1 N–H and O–H groups in total. The summed E-state index contributed by atoms with van der Waals surface area (Å²) in [6.07, 6.45) is 9.70. The molecule has 1 aliphatic heterocycles. The number of carbonyl (C=O) groups excluding carboxylic acids is 2. The number of hydrogen-bond acceptors (Lipinski definition) is 3. The minimum absolute atomic E-state index is 0.0531. The van der Waals surface area contributed by atoms with Crippen LogP contribution in [0.1, 0.15) is 80.8 Å². The van der Waals surface area contributed by atoms with Crippen molar-refractivity contribution in [2.75, 3.05) is 6.54 Å². The van der Waals surface area contributed by atoms with Crippen molar-refractivity contribution in [3.05, 3.63) is 60.0 Å². The van der Waals surface area contributed by atoms with Crippen LogP contribution in [-0.2, 0) is 11.3 Å². The summed E-state index contributed by atoms with van der Waals surface area (Å²) >= 11 is 0. The predicted octanol–water partition coefficient (Wildman–Crippen LogP) is 5.48. The Bertz CT molecular complexity index is 1160. The minimum Gasteiger partial charge on any atom is -0.463 e. The lowest BCUT2D eigenvalue weighted by Gasteiger charge is -2.45. The fourth-order valence-electron chi connectivity index (χ4n) is 5.66. The van der Waals surface area contributed by atoms with E-state index in [1.54, 1.807) is 11.2 Å². The van der Waals surface area contributed by atoms with Gasteiger partial charge >= 0.3 is 0 Å². The molecule has 6 nitrogen and oxygen atoms in total. The van der Waals surface area contributed by atoms with Crippen LogP contribution >= 0.6 is 0 Å². The third-order valence-corrected chi connectivity index (χ3v) is 7.80. The number of nitrogens with one attached hydrogen (secondary N) is 1. The van der Waals surface area contributed by atoms with Gasteiger partial charge in [-0.2, -0.15) is 0 Å². The molecule has 0 saturated heterocycles. The maximum absolute atomic E-state index is 13.9. The highest BCUT2D eigenvalue weighted by Gasteiger charge is 2.48. The van der Waals surface area contributed by atoms with Crippen LogP contribution in [0.15, 0.2) is 53.1 Å². The van der Waals surface area contributed by atoms with Gasteiger partial charge in [-0.15, -0.1) is 0 Å². The Kier molecular flexibility index (Phi) is 6.24. The van der Waals surface area contributed by atoms with Crippen LogP contribution in [0.5, 0.6) is 0 Å². The third kappa shape index (κ3) is 4.15. The quantitative estimate of drug-likeness (QED) is 0.547. The first-order valence-electron chi connectivity index (χ1n) is 12.7. The lowest BCUT2D eigenvalue weighted by Crippen LogP contribution is -2.65. The van der Waals surface area contributed by atoms with E-state index in [4.69, 9.17) is 4.42 Å². The van der Waals surface area contributed by atoms with Crippen molar-refractivity contribution >= 4 is 22.9 Å². The second-order valence-electron chi connectivity index (χ2n) is 10.3. The Morgan fingerprint density at radius 3 is 2.56 bits per heavy atom. The Morgan fingerprint density at radius 1 is 1.12 bits per heavy atom. The van der Waals surface area contributed by atoms with Crippen LogP contribution < -0.4 is 5.32 Å². The van der Waals surface area contributed by atoms with Gasteiger partial charge in [-0.1, -0.05) is 69.4 Å². The van der Waals surface area contributed by atoms with E-state index in [-0.39, 0.29) is 23.8 Å². The zero-order valence-electron chi connectivity index (χ0n) is 20.3. The molecule has 1 aromatic carbocycles. The van der Waals surface area contributed by atoms with Gasteiger partial charge in [0.2, 0.25) is 5.91 Å². The van der Waals surface area contributed by atoms with Crippen molar-refractivity contribution < 1.29 is 14.0 Å². The molecule has 180 valence electrons. The van der Waals surface area contributed by atoms with E-state index < -0.39 is 5.54 Å². The molecule has 2 aromatic heterocycles. The van der Waals surface area contributed by atoms with Crippen LogP contribution in [0, 0.1) is 0 Å². The Morgan fingerprint density at radius 2 is 1.82 bits per heavy atom. The molecular weight excluding hydrogens is 426 g/mol. The van der Waals surface area contributed by atoms with E-state index in [9.17, 15) is 9.59 Å². The van der Waals surface area contributed by atoms with Crippen LogP contribution in [0.4, 0.5) is 0 Å². The average molecular weight is 462 g/mol. The number of amides is 2. The van der Waals surface area contributed by atoms with Crippen molar-refractivity contribution in [3.63, 3.8) is 0 Å². The molecule has 0 radical (unpaired) electrons. The molecule has 2 aliphatic rings. The SMILES string of the molecule is C[C@H](CN1C(=O)c2cc3occc3n2C[C@@]1(C)C(=O)NC1CCCCCCC1)c1ccccc1. The molecule has 0 bridgehead atoms. The lowest BCUT2D eigenvalue weighted by atomic mass is 9.90. The van der Waals surface area contributed by atoms with Gasteiger partial charge in [-0.05, 0) is 31.2 Å². The highest BCUT2D eigenvalue weighted by molar-refractivity contribution is 6.03. The first kappa shape index (κ1) is 22.8. The maximum atomic E-state index is 13.9. The van der Waals surface area contributed by atoms with Crippen LogP contribution in [0.25, 0.3) is 11.1 Å². The van der Waals surface area contributed by atoms with Gasteiger partial charge < -0.3 is 19.2 Å². The molecule has 3 aromatic rings. The van der Waals surface area contributed by atoms with Crippen molar-refractivity contribution in [2.45, 2.75) is 82.8 Å². The molecule has 6 heteroatoms. The Hall–Kier alpha value is -3.02. The van der Waals surface area contributed by atoms with Gasteiger partial charge in [0.1, 0.15) is 11.2 Å². The number of benzene rings is 1. The van der Waals surface area contributed by atoms with Gasteiger partial charge in [-0.25, -0.2) is 0 Å². The van der Waals surface area contributed by atoms with Crippen molar-refractivity contribution in [1.82, 2.24) is 14.8 Å². The van der Waals surface area contributed by atoms with Gasteiger partial charge in [0.15, 0.2) is 5.58 Å². The van der Waals surface area contributed by atoms with Crippen LogP contribution in [0.2, 0.25) is 0 Å². The molecule has 1 saturated carbocycles. The van der Waals surface area contributed by atoms with E-state index in [0.29, 0.717) is 24.4 Å². The number of fused-ring (bicyclic) bond motifs is 3. The lowest BCUT2D eigenvalue weighted by molar-refractivity contribution is -0.133. The van der Waals surface area contributed by atoms with E-state index in [2.05, 4.69) is 24.4 Å². The maximum Gasteiger partial charge on any atom is 0.271 e. The van der Waals surface area contributed by atoms with Crippen LogP contribution in [0.3, 0.4) is 0 Å². The summed E-state index contributed by atoms with van der Waals surface area (Å²) in [7, 11) is 0. The topological polar surface area (TPSA) is 67.5 Å². The zero-order valence-corrected chi connectivity index (χ0v) is 20.3. The number of rotatable bonds is 5. The number of aromatic nitrogens is 1. The van der Waals surface area contributed by atoms with Gasteiger partial charge in [0.05, 0.1) is 18.3 Å². The molecule has 1 aliphatic carbocycles. The Balaban J connectivity index is 1.47. The molecule has 0 unspecified atom stereocenters. The molecule has 34 heavy (non-hydrogen) atoms. The number of hydrogen-bond donors (Lipinski definition) is 1. The molecule has 2 amide bonds. The number of furan rings is 1. The zero-order chi connectivity index (χ0) is 23.7. The molecule has 1 fully saturated rings. The summed E-state index contributed by atoms with van der Waals surface area (Å²) in [6.45, 7) is 4.94. The standard InChI is InChI=1S/C28H35N3O3/c1-20(21-11-7-6-8-12-21)18-31-26(32)24-17-25-23(15-16-34-25)30(24)19-28(31,2)27(33)29-22-13-9-4-3-5-10-14-22/h6-8,11-12,15-17,20,22H,3-5,9-10,13-14,18-19H2,1-2H3,(H,29,33)/t20-,28+/m1/s1. The van der Waals surface area contributed by atoms with Gasteiger partial charge in [-0.3, -0.25) is 9.59 Å². The average Bonchev–Trinajstić information content (AvgIpc) is 3.41. The van der Waals surface area contributed by atoms with Crippen molar-refractivity contribution in [2.24, 2.45) is 0 Å². The van der Waals surface area contributed by atoms with E-state index in [1.807, 2.05) is 41.8 Å². The van der Waals surface area contributed by atoms with E-state index in [0.717, 1.165) is 36.8 Å². The monoisotopic (exact) mass is 461 g/mol. The number of nitrogens with zero attached hydrogens (tertiary/aromatic N) is 2. The second kappa shape index (κ2) is 9.32. The highest BCUT2D eigenvalue weighted by Crippen LogP contribution is 2.34. The summed E-state index contributed by atoms with van der Waals surface area (Å²) < 4.78 is 7.55. The molecule has 3 heterocycles. The van der Waals surface area contributed by atoms with Gasteiger partial charge in [0.25, 0.3) is 5.91 Å². The summed E-state index contributed by atoms with van der Waals surface area (Å²) in [6, 6.07) is 14.1. The van der Waals surface area contributed by atoms with Crippen molar-refractivity contribution in [3.8, 4) is 0 Å². The fraction of sp³-hybridized carbons (Fsp3) is 0.500. The first-order chi connectivity index (χ1) is 16.5. The third-order valence-electron chi connectivity index (χ3n) is 7.80. The molecular formula is C28H35N3O3. The summed E-state index contributed by atoms with van der Waals surface area (Å²) in [5.74, 6) is -0.0680. The Labute approximate surface area is 201 Å². The van der Waals surface area contributed by atoms with E-state index in [1.165, 1.54) is 19.3 Å². The normalized spacial score (nSPS) is 22.8. The first-order valence-corrected chi connectivity index (χ1v) is 12.7. The largest absolute Gasteiger partial charge is 0.463 e. The number of carbonyl (C=O) groups is 2. The molecule has 2 atom stereocenters. The van der Waals surface area contributed by atoms with Crippen LogP contribution in [-0.4, -0.2) is 39.4 Å². The molecule has 5 rings (SSSR count). The smallest absolute Gasteiger partial charge is 0.271 e. The summed E-state index contributed by atoms with van der Waals surface area (Å²) in [5, 5.41) is 3.36. The van der Waals surface area contributed by atoms with E-state index >= 15 is 0 Å². The fourth-order valence-corrected chi connectivity index (χ4v) is 5.66. The minimum atomic E-state index is -0.987. The summed E-state index contributed by atoms with van der Waals surface area (Å²) in [4.78, 5) is 29.6.